The van der Waals surface area contributed by atoms with E-state index in [1.165, 1.54) is 28.0 Å². The van der Waals surface area contributed by atoms with Gasteiger partial charge >= 0.3 is 0 Å². The monoisotopic (exact) mass is 446 g/mol. The second kappa shape index (κ2) is 10.6. The Balaban J connectivity index is 1.50. The smallest absolute Gasteiger partial charge is 0.191 e. The topological polar surface area (TPSA) is 48.9 Å². The first kappa shape index (κ1) is 22.2. The zero-order valence-corrected chi connectivity index (χ0v) is 19.5. The van der Waals surface area contributed by atoms with Crippen molar-refractivity contribution in [1.29, 1.82) is 0 Å². The highest BCUT2D eigenvalue weighted by Gasteiger charge is 2.25. The fourth-order valence-corrected chi connectivity index (χ4v) is 4.36. The van der Waals surface area contributed by atoms with Crippen LogP contribution < -0.4 is 10.7 Å². The van der Waals surface area contributed by atoms with E-state index >= 15 is 0 Å². The number of aryl methyl sites for hydroxylation is 2. The molecule has 2 aromatic carbocycles. The van der Waals surface area contributed by atoms with Crippen molar-refractivity contribution in [3.05, 3.63) is 82.1 Å². The third-order valence-electron chi connectivity index (χ3n) is 5.76. The van der Waals surface area contributed by atoms with E-state index in [0.717, 1.165) is 50.4 Å². The summed E-state index contributed by atoms with van der Waals surface area (Å²) in [5.41, 5.74) is 11.5. The maximum atomic E-state index is 5.58. The van der Waals surface area contributed by atoms with Gasteiger partial charge in [-0.15, -0.1) is 0 Å². The lowest BCUT2D eigenvalue weighted by molar-refractivity contribution is 0.0548. The summed E-state index contributed by atoms with van der Waals surface area (Å²) in [6.45, 7) is 7.47. The summed E-state index contributed by atoms with van der Waals surface area (Å²) in [5, 5.41) is 8.18. The molecule has 4 rings (SSSR count). The van der Waals surface area contributed by atoms with Crippen LogP contribution in [-0.2, 0) is 4.74 Å². The molecule has 1 saturated heterocycles. The lowest BCUT2D eigenvalue weighted by Gasteiger charge is -2.31. The molecule has 0 radical (unpaired) electrons. The van der Waals surface area contributed by atoms with Gasteiger partial charge in [0.25, 0.3) is 0 Å². The van der Waals surface area contributed by atoms with Crippen molar-refractivity contribution in [3.63, 3.8) is 0 Å². The summed E-state index contributed by atoms with van der Waals surface area (Å²) >= 11 is 5.44. The number of hydrogen-bond acceptors (Lipinski definition) is 4. The lowest BCUT2D eigenvalue weighted by atomic mass is 10.1. The largest absolute Gasteiger partial charge is 0.378 e. The molecular formula is C26H30N4OS. The molecule has 1 aliphatic carbocycles. The number of allylic oxidation sites excluding steroid dienone is 2. The molecule has 1 fully saturated rings. The number of rotatable bonds is 5. The molecular weight excluding hydrogens is 416 g/mol. The standard InChI is InChI=1S/C26H30N4OS/c1-19-8-11-24(20(2)16-19)28-26(32)29-27-18-23-10-9-22(17-21-6-4-3-5-7-21)25(23)30-12-14-31-15-13-30/h3-8,11,16-18H,9-10,12-15H2,1-2H3,(H2,28,29,32)/b22-17-,27-18-. The Morgan fingerprint density at radius 1 is 1.06 bits per heavy atom. The number of benzene rings is 2. The van der Waals surface area contributed by atoms with E-state index in [0.29, 0.717) is 5.11 Å². The molecule has 32 heavy (non-hydrogen) atoms. The minimum absolute atomic E-state index is 0.486. The van der Waals surface area contributed by atoms with Gasteiger partial charge in [0.05, 0.1) is 19.4 Å². The highest BCUT2D eigenvalue weighted by Crippen LogP contribution is 2.34. The summed E-state index contributed by atoms with van der Waals surface area (Å²) in [6.07, 6.45) is 6.19. The van der Waals surface area contributed by atoms with Crippen molar-refractivity contribution in [2.24, 2.45) is 5.10 Å². The molecule has 0 atom stereocenters. The Morgan fingerprint density at radius 3 is 2.59 bits per heavy atom. The summed E-state index contributed by atoms with van der Waals surface area (Å²) < 4.78 is 5.58. The van der Waals surface area contributed by atoms with Gasteiger partial charge in [0, 0.05) is 24.5 Å². The van der Waals surface area contributed by atoms with E-state index in [9.17, 15) is 0 Å². The average molecular weight is 447 g/mol. The van der Waals surface area contributed by atoms with E-state index < -0.39 is 0 Å². The van der Waals surface area contributed by atoms with Crippen molar-refractivity contribution in [3.8, 4) is 0 Å². The van der Waals surface area contributed by atoms with Gasteiger partial charge in [-0.3, -0.25) is 5.43 Å². The molecule has 166 valence electrons. The molecule has 0 spiro atoms. The molecule has 2 N–H and O–H groups in total. The van der Waals surface area contributed by atoms with E-state index in [-0.39, 0.29) is 0 Å². The molecule has 0 aromatic heterocycles. The number of ether oxygens (including phenoxy) is 1. The predicted molar refractivity (Wildman–Crippen MR) is 137 cm³/mol. The maximum absolute atomic E-state index is 5.58. The van der Waals surface area contributed by atoms with Gasteiger partial charge in [-0.2, -0.15) is 5.10 Å². The van der Waals surface area contributed by atoms with Crippen LogP contribution >= 0.6 is 12.2 Å². The number of nitrogens with zero attached hydrogens (tertiary/aromatic N) is 2. The summed E-state index contributed by atoms with van der Waals surface area (Å²) in [4.78, 5) is 2.43. The number of hydrazone groups is 1. The molecule has 6 heteroatoms. The van der Waals surface area contributed by atoms with Crippen LogP contribution in [0, 0.1) is 13.8 Å². The Hall–Kier alpha value is -2.96. The Kier molecular flexibility index (Phi) is 7.35. The van der Waals surface area contributed by atoms with Crippen molar-refractivity contribution >= 4 is 35.3 Å². The number of thiocarbonyl (C=S) groups is 1. The van der Waals surface area contributed by atoms with Crippen LogP contribution in [0.3, 0.4) is 0 Å². The third kappa shape index (κ3) is 5.64. The van der Waals surface area contributed by atoms with Crippen LogP contribution in [0.1, 0.15) is 29.5 Å². The molecule has 5 nitrogen and oxygen atoms in total. The zero-order valence-electron chi connectivity index (χ0n) is 18.7. The van der Waals surface area contributed by atoms with Crippen LogP contribution in [0.25, 0.3) is 6.08 Å². The fourth-order valence-electron chi connectivity index (χ4n) is 4.20. The van der Waals surface area contributed by atoms with Gasteiger partial charge in [0.15, 0.2) is 5.11 Å². The van der Waals surface area contributed by atoms with Crippen LogP contribution in [0.2, 0.25) is 0 Å². The van der Waals surface area contributed by atoms with Crippen molar-refractivity contribution in [2.45, 2.75) is 26.7 Å². The van der Waals surface area contributed by atoms with Crippen LogP contribution in [0.15, 0.2) is 70.5 Å². The average Bonchev–Trinajstić information content (AvgIpc) is 3.19. The number of morpholine rings is 1. The summed E-state index contributed by atoms with van der Waals surface area (Å²) in [6, 6.07) is 16.7. The quantitative estimate of drug-likeness (QED) is 0.383. The predicted octanol–water partition coefficient (Wildman–Crippen LogP) is 5.04. The van der Waals surface area contributed by atoms with E-state index in [1.807, 2.05) is 18.3 Å². The summed E-state index contributed by atoms with van der Waals surface area (Å²) in [5.74, 6) is 0. The molecule has 2 aromatic rings. The highest BCUT2D eigenvalue weighted by atomic mass is 32.1. The molecule has 0 unspecified atom stereocenters. The Morgan fingerprint density at radius 2 is 1.84 bits per heavy atom. The first-order valence-electron chi connectivity index (χ1n) is 11.1. The van der Waals surface area contributed by atoms with Crippen molar-refractivity contribution in [2.75, 3.05) is 31.6 Å². The Bertz CT molecular complexity index is 1050. The normalized spacial score (nSPS) is 17.9. The third-order valence-corrected chi connectivity index (χ3v) is 5.95. The second-order valence-corrected chi connectivity index (χ2v) is 8.60. The van der Waals surface area contributed by atoms with E-state index in [2.05, 4.69) is 77.1 Å². The van der Waals surface area contributed by atoms with Crippen molar-refractivity contribution < 1.29 is 4.74 Å². The molecule has 1 heterocycles. The van der Waals surface area contributed by atoms with Crippen LogP contribution in [-0.4, -0.2) is 42.5 Å². The second-order valence-electron chi connectivity index (χ2n) is 8.20. The zero-order chi connectivity index (χ0) is 22.3. The molecule has 1 aliphatic heterocycles. The molecule has 0 saturated carbocycles. The SMILES string of the molecule is Cc1ccc(NC(=S)N/N=C\C2=C(N3CCOCC3)C(=C\c3ccccc3)/CC2)c(C)c1. The van der Waals surface area contributed by atoms with Crippen LogP contribution in [0.4, 0.5) is 5.69 Å². The van der Waals surface area contributed by atoms with Gasteiger partial charge in [-0.05, 0) is 73.3 Å². The van der Waals surface area contributed by atoms with Gasteiger partial charge in [-0.25, -0.2) is 0 Å². The maximum Gasteiger partial charge on any atom is 0.191 e. The minimum Gasteiger partial charge on any atom is -0.378 e. The van der Waals surface area contributed by atoms with Gasteiger partial charge in [0.2, 0.25) is 0 Å². The van der Waals surface area contributed by atoms with Gasteiger partial charge < -0.3 is 15.0 Å². The van der Waals surface area contributed by atoms with Crippen LogP contribution in [0.5, 0.6) is 0 Å². The highest BCUT2D eigenvalue weighted by molar-refractivity contribution is 7.80. The minimum atomic E-state index is 0.486. The first-order chi connectivity index (χ1) is 15.6. The fraction of sp³-hybridized carbons (Fsp3) is 0.308. The number of anilines is 1. The Labute approximate surface area is 195 Å². The van der Waals surface area contributed by atoms with Gasteiger partial charge in [0.1, 0.15) is 0 Å². The van der Waals surface area contributed by atoms with E-state index in [1.54, 1.807) is 0 Å². The number of nitrogens with one attached hydrogen (secondary N) is 2. The van der Waals surface area contributed by atoms with Gasteiger partial charge in [-0.1, -0.05) is 48.0 Å². The first-order valence-corrected chi connectivity index (χ1v) is 11.5. The van der Waals surface area contributed by atoms with E-state index in [4.69, 9.17) is 17.0 Å². The summed E-state index contributed by atoms with van der Waals surface area (Å²) in [7, 11) is 0. The molecule has 0 bridgehead atoms. The lowest BCUT2D eigenvalue weighted by Crippen LogP contribution is -2.36. The molecule has 2 aliphatic rings. The van der Waals surface area contributed by atoms with Crippen molar-refractivity contribution in [1.82, 2.24) is 10.3 Å². The molecule has 0 amide bonds. The number of hydrogen-bond donors (Lipinski definition) is 2.